The van der Waals surface area contributed by atoms with Gasteiger partial charge >= 0.3 is 0 Å². The van der Waals surface area contributed by atoms with E-state index in [4.69, 9.17) is 11.0 Å². The van der Waals surface area contributed by atoms with Crippen LogP contribution in [0.1, 0.15) is 18.4 Å². The SMILES string of the molecule is C=CC(CC(=C)C(=C)/C=C\c1ccccc1)N(c1ccccc1-c1ccc2oc3c4ccccc4ccc3c2c1)C(C=C)CC(=C)C1=CC=CC2C=CC=CC12. The summed E-state index contributed by atoms with van der Waals surface area (Å²) >= 11 is 0. The molecule has 0 saturated heterocycles. The standard InChI is InChI=1S/C54H47NO/c1-6-44(34-38(4)37(3)28-29-40-18-9-8-10-19-40)55(45(7-2)35-39(5)46-26-17-22-41-20-11-13-23-47(41)46)52-27-16-15-24-48(52)43-31-33-53-51(36-43)50-32-30-42-21-12-14-25-49(42)54(50)56-53/h6-33,36,41,44-45,47H,1-5,34-35H2/b29-28-. The molecule has 274 valence electrons. The van der Waals surface area contributed by atoms with Gasteiger partial charge in [0.1, 0.15) is 11.2 Å². The smallest absolute Gasteiger partial charge is 0.143 e. The minimum Gasteiger partial charge on any atom is -0.455 e. The number of allylic oxidation sites excluding steroid dienone is 10. The molecule has 6 aromatic rings. The molecule has 1 aromatic heterocycles. The third-order valence-electron chi connectivity index (χ3n) is 11.3. The Labute approximate surface area is 331 Å². The highest BCUT2D eigenvalue weighted by Gasteiger charge is 2.30. The first kappa shape index (κ1) is 36.3. The second kappa shape index (κ2) is 16.0. The highest BCUT2D eigenvalue weighted by Crippen LogP contribution is 2.42. The van der Waals surface area contributed by atoms with Crippen LogP contribution in [0.5, 0.6) is 0 Å². The molecule has 1 heterocycles. The van der Waals surface area contributed by atoms with Crippen LogP contribution < -0.4 is 4.90 Å². The van der Waals surface area contributed by atoms with Crippen molar-refractivity contribution in [1.29, 1.82) is 0 Å². The van der Waals surface area contributed by atoms with Crippen LogP contribution in [-0.4, -0.2) is 12.1 Å². The van der Waals surface area contributed by atoms with Crippen molar-refractivity contribution in [1.82, 2.24) is 0 Å². The van der Waals surface area contributed by atoms with Crippen molar-refractivity contribution in [3.05, 3.63) is 231 Å². The highest BCUT2D eigenvalue weighted by molar-refractivity contribution is 6.15. The maximum absolute atomic E-state index is 6.51. The number of furan rings is 1. The normalized spacial score (nSPS) is 17.1. The van der Waals surface area contributed by atoms with Crippen LogP contribution in [0.25, 0.3) is 49.9 Å². The van der Waals surface area contributed by atoms with E-state index in [1.54, 1.807) is 0 Å². The average molecular weight is 726 g/mol. The van der Waals surface area contributed by atoms with Gasteiger partial charge in [-0.25, -0.2) is 0 Å². The predicted molar refractivity (Wildman–Crippen MR) is 242 cm³/mol. The Morgan fingerprint density at radius 1 is 0.696 bits per heavy atom. The minimum atomic E-state index is -0.128. The lowest BCUT2D eigenvalue weighted by atomic mass is 9.76. The molecule has 0 fully saturated rings. The van der Waals surface area contributed by atoms with Crippen LogP contribution in [-0.2, 0) is 0 Å². The molecule has 4 atom stereocenters. The lowest BCUT2D eigenvalue weighted by Crippen LogP contribution is -2.42. The van der Waals surface area contributed by atoms with Gasteiger partial charge in [-0.3, -0.25) is 0 Å². The Kier molecular flexibility index (Phi) is 10.4. The lowest BCUT2D eigenvalue weighted by molar-refractivity contribution is 0.589. The van der Waals surface area contributed by atoms with Crippen molar-refractivity contribution in [3.8, 4) is 11.1 Å². The second-order valence-electron chi connectivity index (χ2n) is 14.8. The summed E-state index contributed by atoms with van der Waals surface area (Å²) in [6.45, 7) is 22.5. The molecule has 56 heavy (non-hydrogen) atoms. The molecule has 0 saturated carbocycles. The maximum Gasteiger partial charge on any atom is 0.143 e. The molecule has 2 nitrogen and oxygen atoms in total. The van der Waals surface area contributed by atoms with Gasteiger partial charge in [-0.05, 0) is 75.9 Å². The van der Waals surface area contributed by atoms with E-state index >= 15 is 0 Å². The van der Waals surface area contributed by atoms with Crippen molar-refractivity contribution in [2.45, 2.75) is 24.9 Å². The molecule has 5 aromatic carbocycles. The third-order valence-corrected chi connectivity index (χ3v) is 11.3. The fraction of sp³-hybridized carbons (Fsp3) is 0.111. The molecule has 2 aliphatic rings. The van der Waals surface area contributed by atoms with Gasteiger partial charge in [0, 0.05) is 39.2 Å². The Morgan fingerprint density at radius 3 is 2.27 bits per heavy atom. The fourth-order valence-electron chi connectivity index (χ4n) is 8.31. The first-order valence-corrected chi connectivity index (χ1v) is 19.4. The summed E-state index contributed by atoms with van der Waals surface area (Å²) < 4.78 is 6.51. The summed E-state index contributed by atoms with van der Waals surface area (Å²) in [7, 11) is 0. The van der Waals surface area contributed by atoms with Crippen LogP contribution in [0, 0.1) is 11.8 Å². The summed E-state index contributed by atoms with van der Waals surface area (Å²) in [5.74, 6) is 0.605. The van der Waals surface area contributed by atoms with E-state index in [0.29, 0.717) is 18.8 Å². The van der Waals surface area contributed by atoms with Gasteiger partial charge in [-0.2, -0.15) is 0 Å². The molecule has 0 N–H and O–H groups in total. The van der Waals surface area contributed by atoms with Gasteiger partial charge in [0.05, 0.1) is 12.1 Å². The third kappa shape index (κ3) is 7.14. The Bertz CT molecular complexity index is 2660. The lowest BCUT2D eigenvalue weighted by Gasteiger charge is -2.40. The quantitative estimate of drug-likeness (QED) is 0.0821. The number of anilines is 1. The number of rotatable bonds is 14. The molecule has 0 amide bonds. The van der Waals surface area contributed by atoms with Gasteiger partial charge in [-0.15, -0.1) is 13.2 Å². The number of benzene rings is 5. The maximum atomic E-state index is 6.51. The van der Waals surface area contributed by atoms with Gasteiger partial charge in [-0.1, -0.05) is 172 Å². The zero-order valence-electron chi connectivity index (χ0n) is 31.9. The Morgan fingerprint density at radius 2 is 1.43 bits per heavy atom. The summed E-state index contributed by atoms with van der Waals surface area (Å²) in [4.78, 5) is 2.47. The van der Waals surface area contributed by atoms with E-state index in [2.05, 4.69) is 183 Å². The fourth-order valence-corrected chi connectivity index (χ4v) is 8.31. The van der Waals surface area contributed by atoms with E-state index in [1.165, 1.54) is 11.0 Å². The Hall–Kier alpha value is -6.64. The van der Waals surface area contributed by atoms with Gasteiger partial charge in [0.25, 0.3) is 0 Å². The average Bonchev–Trinajstić information content (AvgIpc) is 3.63. The molecule has 4 unspecified atom stereocenters. The Balaban J connectivity index is 1.19. The van der Waals surface area contributed by atoms with E-state index < -0.39 is 0 Å². The number of hydrogen-bond acceptors (Lipinski definition) is 2. The van der Waals surface area contributed by atoms with Crippen LogP contribution in [0.15, 0.2) is 230 Å². The van der Waals surface area contributed by atoms with Crippen LogP contribution in [0.2, 0.25) is 0 Å². The predicted octanol–water partition coefficient (Wildman–Crippen LogP) is 14.3. The molecule has 2 heteroatoms. The van der Waals surface area contributed by atoms with Gasteiger partial charge in [0.2, 0.25) is 0 Å². The molecule has 2 aliphatic carbocycles. The molecule has 0 aliphatic heterocycles. The first-order valence-electron chi connectivity index (χ1n) is 19.4. The van der Waals surface area contributed by atoms with Crippen LogP contribution in [0.4, 0.5) is 5.69 Å². The van der Waals surface area contributed by atoms with E-state index in [0.717, 1.165) is 66.4 Å². The number of hydrogen-bond donors (Lipinski definition) is 0. The van der Waals surface area contributed by atoms with Crippen molar-refractivity contribution in [2.75, 3.05) is 4.90 Å². The highest BCUT2D eigenvalue weighted by atomic mass is 16.3. The molecular weight excluding hydrogens is 679 g/mol. The zero-order valence-corrected chi connectivity index (χ0v) is 31.9. The number of fused-ring (bicyclic) bond motifs is 6. The monoisotopic (exact) mass is 725 g/mol. The van der Waals surface area contributed by atoms with E-state index in [-0.39, 0.29) is 18.0 Å². The van der Waals surface area contributed by atoms with Gasteiger partial charge < -0.3 is 9.32 Å². The summed E-state index contributed by atoms with van der Waals surface area (Å²) in [5.41, 5.74) is 10.4. The van der Waals surface area contributed by atoms with Crippen molar-refractivity contribution in [2.24, 2.45) is 11.8 Å². The summed E-state index contributed by atoms with van der Waals surface area (Å²) in [6.07, 6.45) is 25.1. The van der Waals surface area contributed by atoms with Crippen LogP contribution in [0.3, 0.4) is 0 Å². The van der Waals surface area contributed by atoms with E-state index in [9.17, 15) is 0 Å². The molecule has 8 rings (SSSR count). The zero-order chi connectivity index (χ0) is 38.6. The van der Waals surface area contributed by atoms with Crippen LogP contribution >= 0.6 is 0 Å². The van der Waals surface area contributed by atoms with Gasteiger partial charge in [0.15, 0.2) is 0 Å². The number of nitrogens with zero attached hydrogens (tertiary/aromatic N) is 1. The first-order chi connectivity index (χ1) is 27.4. The molecule has 0 bridgehead atoms. The summed E-state index contributed by atoms with van der Waals surface area (Å²) in [5, 5.41) is 4.48. The largest absolute Gasteiger partial charge is 0.455 e. The molecular formula is C54H47NO. The minimum absolute atomic E-state index is 0.106. The van der Waals surface area contributed by atoms with Crippen molar-refractivity contribution >= 4 is 44.5 Å². The van der Waals surface area contributed by atoms with Crippen molar-refractivity contribution in [3.63, 3.8) is 0 Å². The molecule has 0 spiro atoms. The van der Waals surface area contributed by atoms with Crippen molar-refractivity contribution < 1.29 is 4.42 Å². The van der Waals surface area contributed by atoms with E-state index in [1.807, 2.05) is 24.3 Å². The summed E-state index contributed by atoms with van der Waals surface area (Å²) in [6, 6.07) is 38.0. The number of para-hydroxylation sites is 1. The second-order valence-corrected chi connectivity index (χ2v) is 14.8. The molecule has 0 radical (unpaired) electrons. The topological polar surface area (TPSA) is 16.4 Å².